The van der Waals surface area contributed by atoms with Crippen LogP contribution < -0.4 is 16.6 Å². The van der Waals surface area contributed by atoms with Crippen molar-refractivity contribution >= 4 is 23.5 Å². The number of hydrogen-bond acceptors (Lipinski definition) is 4. The van der Waals surface area contributed by atoms with Crippen LogP contribution in [0.4, 0.5) is 0 Å². The van der Waals surface area contributed by atoms with E-state index < -0.39 is 23.3 Å². The van der Waals surface area contributed by atoms with Crippen molar-refractivity contribution in [2.24, 2.45) is 5.92 Å². The smallest absolute Gasteiger partial charge is 0.328 e. The van der Waals surface area contributed by atoms with Crippen molar-refractivity contribution in [1.82, 2.24) is 14.9 Å². The molecule has 8 nitrogen and oxygen atoms in total. The van der Waals surface area contributed by atoms with Crippen molar-refractivity contribution in [2.45, 2.75) is 44.7 Å². The summed E-state index contributed by atoms with van der Waals surface area (Å²) < 4.78 is 0.962. The van der Waals surface area contributed by atoms with E-state index in [9.17, 15) is 24.3 Å². The lowest BCUT2D eigenvalue weighted by atomic mass is 9.88. The number of amides is 1. The van der Waals surface area contributed by atoms with E-state index in [2.05, 4.69) is 5.32 Å². The zero-order valence-electron chi connectivity index (χ0n) is 12.4. The molecule has 0 spiro atoms. The van der Waals surface area contributed by atoms with E-state index in [1.165, 1.54) is 0 Å². The molecule has 1 atom stereocenters. The molecule has 1 amide bonds. The van der Waals surface area contributed by atoms with E-state index in [0.717, 1.165) is 42.9 Å². The highest BCUT2D eigenvalue weighted by Gasteiger charge is 2.27. The number of aliphatic carboxylic acids is 1. The predicted octanol–water partition coefficient (Wildman–Crippen LogP) is 0.340. The van der Waals surface area contributed by atoms with Gasteiger partial charge in [0, 0.05) is 12.1 Å². The predicted molar refractivity (Wildman–Crippen MR) is 82.5 cm³/mol. The van der Waals surface area contributed by atoms with Gasteiger partial charge in [-0.05, 0) is 12.8 Å². The first-order valence-corrected chi connectivity index (χ1v) is 7.78. The van der Waals surface area contributed by atoms with Crippen molar-refractivity contribution in [2.75, 3.05) is 0 Å². The summed E-state index contributed by atoms with van der Waals surface area (Å²) in [6.45, 7) is -0.316. The second-order valence-electron chi connectivity index (χ2n) is 5.62. The first-order valence-electron chi connectivity index (χ1n) is 7.41. The number of hydrogen-bond donors (Lipinski definition) is 3. The van der Waals surface area contributed by atoms with Crippen molar-refractivity contribution in [1.29, 1.82) is 0 Å². The normalized spacial score (nSPS) is 16.7. The average Bonchev–Trinajstić information content (AvgIpc) is 2.52. The van der Waals surface area contributed by atoms with E-state index in [-0.39, 0.29) is 23.4 Å². The van der Waals surface area contributed by atoms with Gasteiger partial charge in [-0.15, -0.1) is 0 Å². The molecule has 0 saturated heterocycles. The summed E-state index contributed by atoms with van der Waals surface area (Å²) in [5, 5.41) is 11.5. The third-order valence-electron chi connectivity index (χ3n) is 3.94. The molecule has 9 heteroatoms. The SMILES string of the molecule is O=C(NC(Cn1cc(Cl)c(=O)[nH]c1=O)C(=O)O)C1CCCCC1. The maximum atomic E-state index is 12.2. The van der Waals surface area contributed by atoms with Gasteiger partial charge in [0.2, 0.25) is 5.91 Å². The van der Waals surface area contributed by atoms with Crippen molar-refractivity contribution in [3.05, 3.63) is 32.1 Å². The number of nitrogens with zero attached hydrogens (tertiary/aromatic N) is 1. The number of aromatic amines is 1. The topological polar surface area (TPSA) is 121 Å². The first-order chi connectivity index (χ1) is 10.9. The number of rotatable bonds is 5. The summed E-state index contributed by atoms with van der Waals surface area (Å²) in [7, 11) is 0. The van der Waals surface area contributed by atoms with E-state index in [0.29, 0.717) is 0 Å². The molecule has 126 valence electrons. The summed E-state index contributed by atoms with van der Waals surface area (Å²) in [4.78, 5) is 48.4. The molecule has 2 rings (SSSR count). The lowest BCUT2D eigenvalue weighted by molar-refractivity contribution is -0.143. The van der Waals surface area contributed by atoms with Gasteiger partial charge in [-0.25, -0.2) is 9.59 Å². The Hall–Kier alpha value is -2.09. The molecule has 3 N–H and O–H groups in total. The van der Waals surface area contributed by atoms with Crippen molar-refractivity contribution in [3.8, 4) is 0 Å². The Kier molecular flexibility index (Phi) is 5.59. The van der Waals surface area contributed by atoms with Crippen LogP contribution in [0.25, 0.3) is 0 Å². The molecule has 1 aromatic rings. The molecule has 1 saturated carbocycles. The van der Waals surface area contributed by atoms with Gasteiger partial charge in [0.05, 0.1) is 6.54 Å². The second-order valence-corrected chi connectivity index (χ2v) is 6.03. The Bertz CT molecular complexity index is 705. The number of carboxylic acids is 1. The van der Waals surface area contributed by atoms with Crippen molar-refractivity contribution in [3.63, 3.8) is 0 Å². The molecular weight excluding hydrogens is 326 g/mol. The van der Waals surface area contributed by atoms with Crippen molar-refractivity contribution < 1.29 is 14.7 Å². The fourth-order valence-electron chi connectivity index (χ4n) is 2.65. The Morgan fingerprint density at radius 2 is 2.00 bits per heavy atom. The van der Waals surface area contributed by atoms with Crippen LogP contribution in [0.15, 0.2) is 15.8 Å². The number of carbonyl (C=O) groups excluding carboxylic acids is 1. The number of H-pyrrole nitrogens is 1. The highest BCUT2D eigenvalue weighted by atomic mass is 35.5. The first kappa shape index (κ1) is 17.3. The molecule has 0 bridgehead atoms. The Balaban J connectivity index is 2.11. The molecule has 1 aliphatic rings. The molecule has 0 aliphatic heterocycles. The Morgan fingerprint density at radius 3 is 2.61 bits per heavy atom. The highest BCUT2D eigenvalue weighted by Crippen LogP contribution is 2.23. The van der Waals surface area contributed by atoms with Gasteiger partial charge < -0.3 is 10.4 Å². The quantitative estimate of drug-likeness (QED) is 0.711. The van der Waals surface area contributed by atoms with Gasteiger partial charge in [-0.3, -0.25) is 19.1 Å². The van der Waals surface area contributed by atoms with E-state index in [1.807, 2.05) is 4.98 Å². The average molecular weight is 344 g/mol. The zero-order valence-corrected chi connectivity index (χ0v) is 13.1. The minimum Gasteiger partial charge on any atom is -0.480 e. The molecular formula is C14H18ClN3O5. The number of nitrogens with one attached hydrogen (secondary N) is 2. The molecule has 23 heavy (non-hydrogen) atoms. The van der Waals surface area contributed by atoms with Gasteiger partial charge in [0.1, 0.15) is 11.1 Å². The van der Waals surface area contributed by atoms with Crippen LogP contribution in [-0.4, -0.2) is 32.6 Å². The number of carboxylic acid groups (broad SMARTS) is 1. The lowest BCUT2D eigenvalue weighted by Gasteiger charge is -2.23. The fraction of sp³-hybridized carbons (Fsp3) is 0.571. The number of aromatic nitrogens is 2. The summed E-state index contributed by atoms with van der Waals surface area (Å²) in [6, 6.07) is -1.27. The van der Waals surface area contributed by atoms with Crippen LogP contribution in [0.3, 0.4) is 0 Å². The third-order valence-corrected chi connectivity index (χ3v) is 4.21. The Morgan fingerprint density at radius 1 is 1.35 bits per heavy atom. The third kappa shape index (κ3) is 4.44. The second kappa shape index (κ2) is 7.45. The van der Waals surface area contributed by atoms with Gasteiger partial charge >= 0.3 is 11.7 Å². The van der Waals surface area contributed by atoms with Gasteiger partial charge in [-0.2, -0.15) is 0 Å². The minimum atomic E-state index is -1.27. The summed E-state index contributed by atoms with van der Waals surface area (Å²) in [5.41, 5.74) is -1.52. The standard InChI is InChI=1S/C14H18ClN3O5/c15-9-6-18(14(23)17-12(9)20)7-10(13(21)22)16-11(19)8-4-2-1-3-5-8/h6,8,10H,1-5,7H2,(H,16,19)(H,21,22)(H,17,20,23). The monoisotopic (exact) mass is 343 g/mol. The molecule has 1 fully saturated rings. The van der Waals surface area contributed by atoms with Gasteiger partial charge in [0.25, 0.3) is 5.56 Å². The van der Waals surface area contributed by atoms with Crippen LogP contribution >= 0.6 is 11.6 Å². The highest BCUT2D eigenvalue weighted by molar-refractivity contribution is 6.30. The summed E-state index contributed by atoms with van der Waals surface area (Å²) in [5.74, 6) is -1.77. The largest absolute Gasteiger partial charge is 0.480 e. The minimum absolute atomic E-state index is 0.193. The van der Waals surface area contributed by atoms with Crippen LogP contribution in [0.2, 0.25) is 5.02 Å². The lowest BCUT2D eigenvalue weighted by Crippen LogP contribution is -2.48. The molecule has 0 aromatic carbocycles. The molecule has 1 aromatic heterocycles. The fourth-order valence-corrected chi connectivity index (χ4v) is 2.82. The maximum absolute atomic E-state index is 12.2. The maximum Gasteiger partial charge on any atom is 0.328 e. The van der Waals surface area contributed by atoms with E-state index in [4.69, 9.17) is 11.6 Å². The van der Waals surface area contributed by atoms with E-state index >= 15 is 0 Å². The molecule has 0 radical (unpaired) electrons. The van der Waals surface area contributed by atoms with Gasteiger partial charge in [-0.1, -0.05) is 30.9 Å². The number of halogens is 1. The molecule has 1 unspecified atom stereocenters. The van der Waals surface area contributed by atoms with Crippen LogP contribution in [0, 0.1) is 5.92 Å². The molecule has 1 aliphatic carbocycles. The van der Waals surface area contributed by atoms with E-state index in [1.54, 1.807) is 0 Å². The van der Waals surface area contributed by atoms with Crippen LogP contribution in [0.1, 0.15) is 32.1 Å². The number of carbonyl (C=O) groups is 2. The summed E-state index contributed by atoms with van der Waals surface area (Å²) in [6.07, 6.45) is 5.52. The van der Waals surface area contributed by atoms with Crippen LogP contribution in [0.5, 0.6) is 0 Å². The van der Waals surface area contributed by atoms with Gasteiger partial charge in [0.15, 0.2) is 0 Å². The Labute approximate surface area is 136 Å². The summed E-state index contributed by atoms with van der Waals surface area (Å²) >= 11 is 5.64. The zero-order chi connectivity index (χ0) is 17.0. The molecule has 1 heterocycles. The van der Waals surface area contributed by atoms with Crippen LogP contribution in [-0.2, 0) is 16.1 Å².